The molecule has 1 heterocycles. The molecule has 0 fully saturated rings. The lowest BCUT2D eigenvalue weighted by atomic mass is 10.1. The number of nitro benzene ring substituents is 1. The van der Waals surface area contributed by atoms with Gasteiger partial charge in [0.2, 0.25) is 5.82 Å². The standard InChI is InChI=1S/C17H12F3N3O5/c1-26-13-7-6-12(23(24)25)8-14(13)27-9-15-21-16(22-28-15)10-2-4-11(5-3-10)17(18,19)20/h2-8H,9H2,1H3. The van der Waals surface area contributed by atoms with Gasteiger partial charge in [-0.05, 0) is 18.2 Å². The molecule has 3 rings (SSSR count). The number of hydrogen-bond donors (Lipinski definition) is 0. The molecule has 0 spiro atoms. The molecule has 1 aromatic heterocycles. The number of hydrogen-bond acceptors (Lipinski definition) is 7. The molecule has 0 bridgehead atoms. The van der Waals surface area contributed by atoms with Gasteiger partial charge in [0.1, 0.15) is 0 Å². The largest absolute Gasteiger partial charge is 0.493 e. The number of alkyl halides is 3. The molecule has 11 heteroatoms. The second-order valence-electron chi connectivity index (χ2n) is 5.47. The molecule has 28 heavy (non-hydrogen) atoms. The summed E-state index contributed by atoms with van der Waals surface area (Å²) in [6.07, 6.45) is -4.44. The molecule has 0 aliphatic rings. The van der Waals surface area contributed by atoms with Gasteiger partial charge >= 0.3 is 6.18 Å². The van der Waals surface area contributed by atoms with Gasteiger partial charge in [-0.15, -0.1) is 0 Å². The lowest BCUT2D eigenvalue weighted by Crippen LogP contribution is -2.04. The summed E-state index contributed by atoms with van der Waals surface area (Å²) < 4.78 is 53.4. The fourth-order valence-corrected chi connectivity index (χ4v) is 2.27. The number of nitro groups is 1. The SMILES string of the molecule is COc1ccc([N+](=O)[O-])cc1OCc1nc(-c2ccc(C(F)(F)F)cc2)no1. The van der Waals surface area contributed by atoms with Crippen molar-refractivity contribution in [2.75, 3.05) is 7.11 Å². The van der Waals surface area contributed by atoms with Gasteiger partial charge in [0.05, 0.1) is 23.7 Å². The summed E-state index contributed by atoms with van der Waals surface area (Å²) in [6, 6.07) is 8.11. The molecule has 0 N–H and O–H groups in total. The van der Waals surface area contributed by atoms with E-state index in [1.807, 2.05) is 0 Å². The highest BCUT2D eigenvalue weighted by Crippen LogP contribution is 2.32. The van der Waals surface area contributed by atoms with Crippen LogP contribution in [0.2, 0.25) is 0 Å². The predicted molar refractivity (Wildman–Crippen MR) is 88.7 cm³/mol. The van der Waals surface area contributed by atoms with Crippen LogP contribution in [0, 0.1) is 10.1 Å². The Hall–Kier alpha value is -3.63. The highest BCUT2D eigenvalue weighted by atomic mass is 19.4. The van der Waals surface area contributed by atoms with Crippen LogP contribution in [0.15, 0.2) is 47.0 Å². The van der Waals surface area contributed by atoms with Crippen LogP contribution in [0.25, 0.3) is 11.4 Å². The summed E-state index contributed by atoms with van der Waals surface area (Å²) in [4.78, 5) is 14.3. The zero-order valence-electron chi connectivity index (χ0n) is 14.3. The number of benzene rings is 2. The number of aromatic nitrogens is 2. The van der Waals surface area contributed by atoms with E-state index in [0.717, 1.165) is 12.1 Å². The Kier molecular flexibility index (Phi) is 5.16. The van der Waals surface area contributed by atoms with Crippen molar-refractivity contribution in [3.05, 3.63) is 64.0 Å². The minimum absolute atomic E-state index is 0.0310. The van der Waals surface area contributed by atoms with E-state index in [1.54, 1.807) is 0 Å². The van der Waals surface area contributed by atoms with Crippen molar-refractivity contribution < 1.29 is 32.1 Å². The molecule has 0 amide bonds. The van der Waals surface area contributed by atoms with Crippen LogP contribution in [0.5, 0.6) is 11.5 Å². The van der Waals surface area contributed by atoms with Gasteiger partial charge in [-0.2, -0.15) is 18.2 Å². The molecule has 2 aromatic carbocycles. The summed E-state index contributed by atoms with van der Waals surface area (Å²) in [5, 5.41) is 14.6. The molecular formula is C17H12F3N3O5. The summed E-state index contributed by atoms with van der Waals surface area (Å²) in [6.45, 7) is -0.217. The lowest BCUT2D eigenvalue weighted by Gasteiger charge is -2.08. The van der Waals surface area contributed by atoms with Crippen molar-refractivity contribution in [3.63, 3.8) is 0 Å². The molecule has 0 radical (unpaired) electrons. The summed E-state index contributed by atoms with van der Waals surface area (Å²) >= 11 is 0. The Labute approximate surface area is 155 Å². The highest BCUT2D eigenvalue weighted by Gasteiger charge is 2.30. The van der Waals surface area contributed by atoms with Crippen LogP contribution < -0.4 is 9.47 Å². The van der Waals surface area contributed by atoms with Gasteiger partial charge in [-0.1, -0.05) is 17.3 Å². The normalized spacial score (nSPS) is 11.3. The van der Waals surface area contributed by atoms with Gasteiger partial charge in [0, 0.05) is 11.6 Å². The first kappa shape index (κ1) is 19.1. The molecular weight excluding hydrogens is 383 g/mol. The van der Waals surface area contributed by atoms with Crippen molar-refractivity contribution >= 4 is 5.69 Å². The van der Waals surface area contributed by atoms with Crippen LogP contribution in [-0.2, 0) is 12.8 Å². The topological polar surface area (TPSA) is 101 Å². The van der Waals surface area contributed by atoms with Crippen molar-refractivity contribution in [2.45, 2.75) is 12.8 Å². The van der Waals surface area contributed by atoms with Gasteiger partial charge < -0.3 is 14.0 Å². The first-order valence-corrected chi connectivity index (χ1v) is 7.73. The Balaban J connectivity index is 1.73. The average molecular weight is 395 g/mol. The number of nitrogens with zero attached hydrogens (tertiary/aromatic N) is 3. The quantitative estimate of drug-likeness (QED) is 0.454. The van der Waals surface area contributed by atoms with E-state index in [0.29, 0.717) is 5.56 Å². The van der Waals surface area contributed by atoms with Gasteiger partial charge in [0.15, 0.2) is 18.1 Å². The molecule has 0 aliphatic heterocycles. The predicted octanol–water partition coefficient (Wildman–Crippen LogP) is 4.25. The second-order valence-corrected chi connectivity index (χ2v) is 5.47. The third-order valence-corrected chi connectivity index (χ3v) is 3.65. The zero-order chi connectivity index (χ0) is 20.3. The molecule has 0 saturated carbocycles. The van der Waals surface area contributed by atoms with E-state index in [4.69, 9.17) is 14.0 Å². The van der Waals surface area contributed by atoms with Crippen LogP contribution >= 0.6 is 0 Å². The Morgan fingerprint density at radius 1 is 1.14 bits per heavy atom. The molecule has 0 atom stereocenters. The van der Waals surface area contributed by atoms with Crippen molar-refractivity contribution in [2.24, 2.45) is 0 Å². The Bertz CT molecular complexity index is 986. The second kappa shape index (κ2) is 7.55. The van der Waals surface area contributed by atoms with Gasteiger partial charge in [-0.3, -0.25) is 10.1 Å². The van der Waals surface area contributed by atoms with Gasteiger partial charge in [0.25, 0.3) is 11.6 Å². The maximum Gasteiger partial charge on any atom is 0.416 e. The third-order valence-electron chi connectivity index (χ3n) is 3.65. The van der Waals surface area contributed by atoms with Crippen LogP contribution in [0.3, 0.4) is 0 Å². The molecule has 0 saturated heterocycles. The Morgan fingerprint density at radius 2 is 1.86 bits per heavy atom. The molecule has 146 valence electrons. The van der Waals surface area contributed by atoms with Crippen molar-refractivity contribution in [1.82, 2.24) is 10.1 Å². The summed E-state index contributed by atoms with van der Waals surface area (Å²) in [5.41, 5.74) is -0.649. The van der Waals surface area contributed by atoms with E-state index in [9.17, 15) is 23.3 Å². The molecule has 3 aromatic rings. The van der Waals surface area contributed by atoms with Crippen LogP contribution in [-0.4, -0.2) is 22.2 Å². The molecule has 8 nitrogen and oxygen atoms in total. The summed E-state index contributed by atoms with van der Waals surface area (Å²) in [5.74, 6) is 0.487. The van der Waals surface area contributed by atoms with E-state index in [-0.39, 0.29) is 35.5 Å². The maximum absolute atomic E-state index is 12.6. The highest BCUT2D eigenvalue weighted by molar-refractivity contribution is 5.55. The molecule has 0 aliphatic carbocycles. The van der Waals surface area contributed by atoms with E-state index in [2.05, 4.69) is 10.1 Å². The molecule has 0 unspecified atom stereocenters. The number of ether oxygens (including phenoxy) is 2. The minimum atomic E-state index is -4.44. The fourth-order valence-electron chi connectivity index (χ4n) is 2.27. The van der Waals surface area contributed by atoms with E-state index < -0.39 is 16.7 Å². The third kappa shape index (κ3) is 4.19. The van der Waals surface area contributed by atoms with E-state index in [1.165, 1.54) is 37.4 Å². The average Bonchev–Trinajstić information content (AvgIpc) is 3.14. The zero-order valence-corrected chi connectivity index (χ0v) is 14.3. The van der Waals surface area contributed by atoms with Gasteiger partial charge in [-0.25, -0.2) is 0 Å². The van der Waals surface area contributed by atoms with E-state index >= 15 is 0 Å². The summed E-state index contributed by atoms with van der Waals surface area (Å²) in [7, 11) is 1.38. The van der Waals surface area contributed by atoms with Crippen LogP contribution in [0.4, 0.5) is 18.9 Å². The first-order valence-electron chi connectivity index (χ1n) is 7.73. The number of methoxy groups -OCH3 is 1. The lowest BCUT2D eigenvalue weighted by molar-refractivity contribution is -0.385. The maximum atomic E-state index is 12.6. The number of non-ortho nitro benzene ring substituents is 1. The van der Waals surface area contributed by atoms with Crippen molar-refractivity contribution in [3.8, 4) is 22.9 Å². The fraction of sp³-hybridized carbons (Fsp3) is 0.176. The van der Waals surface area contributed by atoms with Crippen LogP contribution in [0.1, 0.15) is 11.5 Å². The minimum Gasteiger partial charge on any atom is -0.493 e. The number of halogens is 3. The Morgan fingerprint density at radius 3 is 2.46 bits per heavy atom. The smallest absolute Gasteiger partial charge is 0.416 e. The monoisotopic (exact) mass is 395 g/mol. The number of rotatable bonds is 6. The first-order chi connectivity index (χ1) is 13.3. The van der Waals surface area contributed by atoms with Crippen molar-refractivity contribution in [1.29, 1.82) is 0 Å².